The first-order valence-corrected chi connectivity index (χ1v) is 10.5. The Bertz CT molecular complexity index is 946. The SMILES string of the molecule is CC(O)(CNS(=O)(=O)Cc1ccc(Cl)cc1)c1cc2ccccc2s1. The van der Waals surface area contributed by atoms with Crippen LogP contribution in [0.25, 0.3) is 10.1 Å². The van der Waals surface area contributed by atoms with E-state index in [0.29, 0.717) is 10.6 Å². The van der Waals surface area contributed by atoms with Crippen molar-refractivity contribution in [2.75, 3.05) is 6.54 Å². The topological polar surface area (TPSA) is 66.4 Å². The summed E-state index contributed by atoms with van der Waals surface area (Å²) in [5.74, 6) is -0.160. The van der Waals surface area contributed by atoms with Gasteiger partial charge in [-0.2, -0.15) is 0 Å². The molecule has 0 fully saturated rings. The van der Waals surface area contributed by atoms with Crippen molar-refractivity contribution in [2.45, 2.75) is 18.3 Å². The average molecular weight is 396 g/mol. The van der Waals surface area contributed by atoms with Gasteiger partial charge in [0.2, 0.25) is 10.0 Å². The van der Waals surface area contributed by atoms with E-state index in [2.05, 4.69) is 4.72 Å². The highest BCUT2D eigenvalue weighted by atomic mass is 35.5. The molecule has 2 aromatic carbocycles. The number of nitrogens with one attached hydrogen (secondary N) is 1. The highest BCUT2D eigenvalue weighted by Crippen LogP contribution is 2.33. The molecule has 1 unspecified atom stereocenters. The summed E-state index contributed by atoms with van der Waals surface area (Å²) in [4.78, 5) is 0.725. The monoisotopic (exact) mass is 395 g/mol. The minimum Gasteiger partial charge on any atom is -0.383 e. The van der Waals surface area contributed by atoms with Gasteiger partial charge in [-0.1, -0.05) is 41.9 Å². The van der Waals surface area contributed by atoms with Gasteiger partial charge in [-0.15, -0.1) is 11.3 Å². The number of halogens is 1. The Balaban J connectivity index is 1.71. The maximum Gasteiger partial charge on any atom is 0.215 e. The normalized spacial score (nSPS) is 14.5. The van der Waals surface area contributed by atoms with Crippen LogP contribution in [0, 0.1) is 0 Å². The van der Waals surface area contributed by atoms with Crippen LogP contribution in [0.5, 0.6) is 0 Å². The van der Waals surface area contributed by atoms with Gasteiger partial charge in [0.15, 0.2) is 0 Å². The average Bonchev–Trinajstić information content (AvgIpc) is 3.00. The van der Waals surface area contributed by atoms with Gasteiger partial charge < -0.3 is 5.11 Å². The Morgan fingerprint density at radius 2 is 1.84 bits per heavy atom. The molecule has 0 radical (unpaired) electrons. The maximum atomic E-state index is 12.3. The number of rotatable bonds is 6. The summed E-state index contributed by atoms with van der Waals surface area (Å²) in [6.45, 7) is 1.53. The molecular formula is C18H18ClNO3S2. The number of fused-ring (bicyclic) bond motifs is 1. The highest BCUT2D eigenvalue weighted by Gasteiger charge is 2.27. The first-order chi connectivity index (χ1) is 11.8. The summed E-state index contributed by atoms with van der Waals surface area (Å²) in [5.41, 5.74) is -0.644. The molecule has 1 atom stereocenters. The molecule has 3 aromatic rings. The van der Waals surface area contributed by atoms with Crippen molar-refractivity contribution in [3.05, 3.63) is 70.1 Å². The van der Waals surface area contributed by atoms with E-state index in [0.717, 1.165) is 15.0 Å². The minimum absolute atomic E-state index is 0.0876. The number of aliphatic hydroxyl groups is 1. The zero-order valence-electron chi connectivity index (χ0n) is 13.6. The molecule has 0 spiro atoms. The molecule has 25 heavy (non-hydrogen) atoms. The molecule has 0 saturated carbocycles. The van der Waals surface area contributed by atoms with Crippen LogP contribution in [0.1, 0.15) is 17.4 Å². The van der Waals surface area contributed by atoms with E-state index in [1.807, 2.05) is 30.3 Å². The van der Waals surface area contributed by atoms with Crippen LogP contribution in [0.3, 0.4) is 0 Å². The van der Waals surface area contributed by atoms with E-state index >= 15 is 0 Å². The third kappa shape index (κ3) is 4.59. The zero-order valence-corrected chi connectivity index (χ0v) is 16.0. The molecule has 4 nitrogen and oxygen atoms in total. The number of hydrogen-bond donors (Lipinski definition) is 2. The van der Waals surface area contributed by atoms with Crippen LogP contribution < -0.4 is 4.72 Å². The smallest absolute Gasteiger partial charge is 0.215 e. The summed E-state index contributed by atoms with van der Waals surface area (Å²) in [6.07, 6.45) is 0. The first kappa shape index (κ1) is 18.4. The first-order valence-electron chi connectivity index (χ1n) is 7.68. The maximum absolute atomic E-state index is 12.3. The quantitative estimate of drug-likeness (QED) is 0.665. The van der Waals surface area contributed by atoms with Gasteiger partial charge in [0.05, 0.1) is 5.75 Å². The second-order valence-corrected chi connectivity index (χ2v) is 9.46. The van der Waals surface area contributed by atoms with Crippen molar-refractivity contribution in [3.8, 4) is 0 Å². The largest absolute Gasteiger partial charge is 0.383 e. The molecule has 0 saturated heterocycles. The fourth-order valence-electron chi connectivity index (χ4n) is 2.44. The summed E-state index contributed by atoms with van der Waals surface area (Å²) in [6, 6.07) is 16.4. The Labute approximate surface area is 156 Å². The van der Waals surface area contributed by atoms with Gasteiger partial charge in [-0.05, 0) is 42.1 Å². The standard InChI is InChI=1S/C18H18ClNO3S2/c1-18(21,17-10-14-4-2-3-5-16(14)24-17)12-20-25(22,23)11-13-6-8-15(19)9-7-13/h2-10,20-21H,11-12H2,1H3. The van der Waals surface area contributed by atoms with Crippen molar-refractivity contribution < 1.29 is 13.5 Å². The second-order valence-electron chi connectivity index (χ2n) is 6.13. The summed E-state index contributed by atoms with van der Waals surface area (Å²) >= 11 is 7.27. The summed E-state index contributed by atoms with van der Waals surface area (Å²) in [7, 11) is -3.57. The molecule has 0 aliphatic rings. The number of benzene rings is 2. The molecular weight excluding hydrogens is 378 g/mol. The van der Waals surface area contributed by atoms with Gasteiger partial charge in [0.25, 0.3) is 0 Å². The van der Waals surface area contributed by atoms with Crippen LogP contribution in [-0.2, 0) is 21.4 Å². The van der Waals surface area contributed by atoms with E-state index in [-0.39, 0.29) is 12.3 Å². The molecule has 1 aromatic heterocycles. The molecule has 0 bridgehead atoms. The lowest BCUT2D eigenvalue weighted by atomic mass is 10.1. The Kier molecular flexibility index (Phi) is 5.18. The van der Waals surface area contributed by atoms with Crippen molar-refractivity contribution >= 4 is 43.0 Å². The summed E-state index contributed by atoms with van der Waals surface area (Å²) < 4.78 is 28.1. The van der Waals surface area contributed by atoms with Gasteiger partial charge >= 0.3 is 0 Å². The molecule has 7 heteroatoms. The van der Waals surface area contributed by atoms with Gasteiger partial charge in [-0.25, -0.2) is 13.1 Å². The van der Waals surface area contributed by atoms with Crippen LogP contribution >= 0.6 is 22.9 Å². The number of thiophene rings is 1. The molecule has 2 N–H and O–H groups in total. The molecule has 1 heterocycles. The predicted molar refractivity (Wildman–Crippen MR) is 103 cm³/mol. The molecule has 3 rings (SSSR count). The van der Waals surface area contributed by atoms with Crippen LogP contribution in [0.2, 0.25) is 5.02 Å². The van der Waals surface area contributed by atoms with E-state index in [1.54, 1.807) is 31.2 Å². The third-order valence-electron chi connectivity index (χ3n) is 3.86. The van der Waals surface area contributed by atoms with Crippen LogP contribution in [0.15, 0.2) is 54.6 Å². The number of sulfonamides is 1. The van der Waals surface area contributed by atoms with Crippen molar-refractivity contribution in [2.24, 2.45) is 0 Å². The zero-order chi connectivity index (χ0) is 18.1. The van der Waals surface area contributed by atoms with Crippen LogP contribution in [-0.4, -0.2) is 20.1 Å². The van der Waals surface area contributed by atoms with E-state index in [9.17, 15) is 13.5 Å². The van der Waals surface area contributed by atoms with Crippen LogP contribution in [0.4, 0.5) is 0 Å². The van der Waals surface area contributed by atoms with Crippen molar-refractivity contribution in [1.29, 1.82) is 0 Å². The minimum atomic E-state index is -3.57. The Morgan fingerprint density at radius 1 is 1.16 bits per heavy atom. The molecule has 132 valence electrons. The van der Waals surface area contributed by atoms with Gasteiger partial charge in [-0.3, -0.25) is 0 Å². The Hall–Kier alpha value is -1.44. The fraction of sp³-hybridized carbons (Fsp3) is 0.222. The van der Waals surface area contributed by atoms with Gasteiger partial charge in [0, 0.05) is 21.1 Å². The lowest BCUT2D eigenvalue weighted by Crippen LogP contribution is -2.38. The van der Waals surface area contributed by atoms with E-state index < -0.39 is 15.6 Å². The van der Waals surface area contributed by atoms with E-state index in [1.165, 1.54) is 11.3 Å². The lowest BCUT2D eigenvalue weighted by Gasteiger charge is -2.22. The number of hydrogen-bond acceptors (Lipinski definition) is 4. The molecule has 0 amide bonds. The lowest BCUT2D eigenvalue weighted by molar-refractivity contribution is 0.0666. The molecule has 0 aliphatic carbocycles. The second kappa shape index (κ2) is 7.05. The molecule has 0 aliphatic heterocycles. The van der Waals surface area contributed by atoms with Crippen molar-refractivity contribution in [1.82, 2.24) is 4.72 Å². The Morgan fingerprint density at radius 3 is 2.52 bits per heavy atom. The van der Waals surface area contributed by atoms with Crippen molar-refractivity contribution in [3.63, 3.8) is 0 Å². The predicted octanol–water partition coefficient (Wildman–Crippen LogP) is 3.88. The fourth-order valence-corrected chi connectivity index (χ4v) is 4.90. The highest BCUT2D eigenvalue weighted by molar-refractivity contribution is 7.88. The van der Waals surface area contributed by atoms with E-state index in [4.69, 9.17) is 11.6 Å². The third-order valence-corrected chi connectivity index (χ3v) is 6.78. The van der Waals surface area contributed by atoms with Gasteiger partial charge in [0.1, 0.15) is 5.60 Å². The summed E-state index contributed by atoms with van der Waals surface area (Å²) in [5, 5.41) is 12.3.